The van der Waals surface area contributed by atoms with E-state index in [0.717, 1.165) is 42.8 Å². The van der Waals surface area contributed by atoms with E-state index in [9.17, 15) is 0 Å². The summed E-state index contributed by atoms with van der Waals surface area (Å²) >= 11 is 0. The Morgan fingerprint density at radius 1 is 1.44 bits per heavy atom. The average Bonchev–Trinajstić information content (AvgIpc) is 3.18. The predicted molar refractivity (Wildman–Crippen MR) is 71.7 cm³/mol. The van der Waals surface area contributed by atoms with E-state index in [2.05, 4.69) is 9.88 Å². The van der Waals surface area contributed by atoms with Crippen LogP contribution in [0.4, 0.5) is 5.82 Å². The van der Waals surface area contributed by atoms with Crippen LogP contribution in [0.15, 0.2) is 12.1 Å². The Kier molecular flexibility index (Phi) is 4.55. The molecule has 0 saturated heterocycles. The van der Waals surface area contributed by atoms with E-state index in [-0.39, 0.29) is 6.61 Å². The smallest absolute Gasteiger partial charge is 0.128 e. The number of anilines is 1. The number of likely N-dealkylation sites (N-methyl/N-ethyl adjacent to an activating group) is 1. The van der Waals surface area contributed by atoms with Gasteiger partial charge in [-0.15, -0.1) is 0 Å². The minimum Gasteiger partial charge on any atom is -0.392 e. The van der Waals surface area contributed by atoms with Crippen molar-refractivity contribution in [3.8, 4) is 0 Å². The zero-order chi connectivity index (χ0) is 13.0. The zero-order valence-electron chi connectivity index (χ0n) is 11.2. The number of aromatic nitrogens is 1. The Morgan fingerprint density at radius 2 is 2.22 bits per heavy atom. The fraction of sp³-hybridized carbons (Fsp3) is 0.643. The highest BCUT2D eigenvalue weighted by Crippen LogP contribution is 2.28. The number of aliphatic hydroxyl groups is 1. The normalized spacial score (nSPS) is 14.8. The standard InChI is InChI=1S/C14H22N2O2/c1-11-13(9-17)5-6-14(15-11)16(2)7-8-18-10-12-3-4-12/h5-6,12,17H,3-4,7-10H2,1-2H3. The van der Waals surface area contributed by atoms with Crippen LogP contribution in [0, 0.1) is 12.8 Å². The first-order valence-corrected chi connectivity index (χ1v) is 6.57. The van der Waals surface area contributed by atoms with Gasteiger partial charge in [-0.3, -0.25) is 0 Å². The Labute approximate surface area is 109 Å². The molecule has 18 heavy (non-hydrogen) atoms. The molecule has 0 radical (unpaired) electrons. The SMILES string of the molecule is Cc1nc(N(C)CCOCC2CC2)ccc1CO. The van der Waals surface area contributed by atoms with Gasteiger partial charge in [0.2, 0.25) is 0 Å². The van der Waals surface area contributed by atoms with Crippen molar-refractivity contribution >= 4 is 5.82 Å². The van der Waals surface area contributed by atoms with Crippen molar-refractivity contribution < 1.29 is 9.84 Å². The predicted octanol–water partition coefficient (Wildman–Crippen LogP) is 1.75. The van der Waals surface area contributed by atoms with E-state index in [1.54, 1.807) is 0 Å². The number of ether oxygens (including phenoxy) is 1. The Hall–Kier alpha value is -1.13. The molecule has 1 aliphatic carbocycles. The summed E-state index contributed by atoms with van der Waals surface area (Å²) < 4.78 is 5.62. The molecule has 0 aliphatic heterocycles. The van der Waals surface area contributed by atoms with Crippen molar-refractivity contribution in [1.29, 1.82) is 0 Å². The first-order valence-electron chi connectivity index (χ1n) is 6.57. The molecular weight excluding hydrogens is 228 g/mol. The maximum Gasteiger partial charge on any atom is 0.128 e. The van der Waals surface area contributed by atoms with Gasteiger partial charge in [-0.05, 0) is 37.3 Å². The fourth-order valence-corrected chi connectivity index (χ4v) is 1.81. The molecule has 0 unspecified atom stereocenters. The molecule has 1 saturated carbocycles. The quantitative estimate of drug-likeness (QED) is 0.749. The van der Waals surface area contributed by atoms with Gasteiger partial charge in [-0.2, -0.15) is 0 Å². The van der Waals surface area contributed by atoms with E-state index < -0.39 is 0 Å². The van der Waals surface area contributed by atoms with Crippen LogP contribution in [-0.2, 0) is 11.3 Å². The molecule has 1 N–H and O–H groups in total. The van der Waals surface area contributed by atoms with E-state index >= 15 is 0 Å². The van der Waals surface area contributed by atoms with Gasteiger partial charge in [0.25, 0.3) is 0 Å². The Bertz CT molecular complexity index is 391. The van der Waals surface area contributed by atoms with Crippen LogP contribution >= 0.6 is 0 Å². The lowest BCUT2D eigenvalue weighted by molar-refractivity contribution is 0.131. The van der Waals surface area contributed by atoms with E-state index in [0.29, 0.717) is 0 Å². The molecule has 100 valence electrons. The maximum absolute atomic E-state index is 9.11. The van der Waals surface area contributed by atoms with Gasteiger partial charge in [-0.1, -0.05) is 6.07 Å². The molecule has 1 heterocycles. The van der Waals surface area contributed by atoms with Crippen LogP contribution in [0.3, 0.4) is 0 Å². The monoisotopic (exact) mass is 250 g/mol. The van der Waals surface area contributed by atoms with Gasteiger partial charge in [-0.25, -0.2) is 4.98 Å². The molecule has 2 rings (SSSR count). The summed E-state index contributed by atoms with van der Waals surface area (Å²) in [5, 5.41) is 9.11. The minimum absolute atomic E-state index is 0.0489. The van der Waals surface area contributed by atoms with Gasteiger partial charge in [0.1, 0.15) is 5.82 Å². The molecular formula is C14H22N2O2. The molecule has 0 atom stereocenters. The number of rotatable bonds is 7. The molecule has 1 aromatic heterocycles. The summed E-state index contributed by atoms with van der Waals surface area (Å²) in [4.78, 5) is 6.56. The van der Waals surface area contributed by atoms with Crippen LogP contribution in [0.25, 0.3) is 0 Å². The third-order valence-corrected chi connectivity index (χ3v) is 3.36. The summed E-state index contributed by atoms with van der Waals surface area (Å²) in [6.45, 7) is 4.47. The van der Waals surface area contributed by atoms with E-state index in [1.165, 1.54) is 12.8 Å². The third kappa shape index (κ3) is 3.68. The van der Waals surface area contributed by atoms with Crippen LogP contribution in [0.1, 0.15) is 24.1 Å². The molecule has 4 nitrogen and oxygen atoms in total. The lowest BCUT2D eigenvalue weighted by Gasteiger charge is -2.19. The number of aryl methyl sites for hydroxylation is 1. The zero-order valence-corrected chi connectivity index (χ0v) is 11.2. The van der Waals surface area contributed by atoms with Gasteiger partial charge >= 0.3 is 0 Å². The topological polar surface area (TPSA) is 45.6 Å². The lowest BCUT2D eigenvalue weighted by atomic mass is 10.2. The Balaban J connectivity index is 1.79. The van der Waals surface area contributed by atoms with Crippen molar-refractivity contribution in [2.24, 2.45) is 5.92 Å². The second-order valence-corrected chi connectivity index (χ2v) is 5.01. The largest absolute Gasteiger partial charge is 0.392 e. The van der Waals surface area contributed by atoms with Crippen molar-refractivity contribution in [2.75, 3.05) is 31.7 Å². The molecule has 0 amide bonds. The molecule has 4 heteroatoms. The van der Waals surface area contributed by atoms with Gasteiger partial charge in [0.15, 0.2) is 0 Å². The minimum atomic E-state index is 0.0489. The first kappa shape index (κ1) is 13.3. The van der Waals surface area contributed by atoms with Crippen LogP contribution < -0.4 is 4.90 Å². The van der Waals surface area contributed by atoms with Crippen molar-refractivity contribution in [2.45, 2.75) is 26.4 Å². The maximum atomic E-state index is 9.11. The summed E-state index contributed by atoms with van der Waals surface area (Å²) in [6, 6.07) is 3.87. The molecule has 0 spiro atoms. The van der Waals surface area contributed by atoms with Crippen LogP contribution in [-0.4, -0.2) is 36.9 Å². The number of hydrogen-bond donors (Lipinski definition) is 1. The molecule has 0 aromatic carbocycles. The highest BCUT2D eigenvalue weighted by atomic mass is 16.5. The lowest BCUT2D eigenvalue weighted by Crippen LogP contribution is -2.24. The fourth-order valence-electron chi connectivity index (χ4n) is 1.81. The van der Waals surface area contributed by atoms with Gasteiger partial charge in [0, 0.05) is 25.9 Å². The number of aliphatic hydroxyl groups excluding tert-OH is 1. The van der Waals surface area contributed by atoms with Crippen molar-refractivity contribution in [3.05, 3.63) is 23.4 Å². The van der Waals surface area contributed by atoms with E-state index in [1.807, 2.05) is 26.1 Å². The Morgan fingerprint density at radius 3 is 2.83 bits per heavy atom. The van der Waals surface area contributed by atoms with Gasteiger partial charge in [0.05, 0.1) is 13.2 Å². The van der Waals surface area contributed by atoms with E-state index in [4.69, 9.17) is 9.84 Å². The first-order chi connectivity index (χ1) is 8.70. The second kappa shape index (κ2) is 6.16. The number of nitrogens with zero attached hydrogens (tertiary/aromatic N) is 2. The third-order valence-electron chi connectivity index (χ3n) is 3.36. The van der Waals surface area contributed by atoms with Crippen LogP contribution in [0.2, 0.25) is 0 Å². The molecule has 1 aromatic rings. The molecule has 0 bridgehead atoms. The number of pyridine rings is 1. The summed E-state index contributed by atoms with van der Waals surface area (Å²) in [5.74, 6) is 1.75. The van der Waals surface area contributed by atoms with Gasteiger partial charge < -0.3 is 14.7 Å². The highest BCUT2D eigenvalue weighted by molar-refractivity contribution is 5.40. The summed E-state index contributed by atoms with van der Waals surface area (Å²) in [6.07, 6.45) is 2.67. The van der Waals surface area contributed by atoms with Crippen LogP contribution in [0.5, 0.6) is 0 Å². The number of hydrogen-bond acceptors (Lipinski definition) is 4. The average molecular weight is 250 g/mol. The molecule has 1 aliphatic rings. The highest BCUT2D eigenvalue weighted by Gasteiger charge is 2.20. The molecule has 1 fully saturated rings. The van der Waals surface area contributed by atoms with Crippen molar-refractivity contribution in [3.63, 3.8) is 0 Å². The van der Waals surface area contributed by atoms with Crippen molar-refractivity contribution in [1.82, 2.24) is 4.98 Å². The summed E-state index contributed by atoms with van der Waals surface area (Å²) in [5.41, 5.74) is 1.78. The summed E-state index contributed by atoms with van der Waals surface area (Å²) in [7, 11) is 2.01. The second-order valence-electron chi connectivity index (χ2n) is 5.01.